The number of hydrogen-bond acceptors (Lipinski definition) is 2. The lowest BCUT2D eigenvalue weighted by Crippen LogP contribution is -2.05. The van der Waals surface area contributed by atoms with Crippen LogP contribution in [0.15, 0.2) is 36.5 Å². The maximum atomic E-state index is 9.54. The third-order valence-electron chi connectivity index (χ3n) is 1.76. The second kappa shape index (κ2) is 4.95. The summed E-state index contributed by atoms with van der Waals surface area (Å²) in [5.41, 5.74) is 1.21. The van der Waals surface area contributed by atoms with Gasteiger partial charge < -0.3 is 10.1 Å². The molecule has 1 heterocycles. The molecule has 0 spiro atoms. The van der Waals surface area contributed by atoms with Gasteiger partial charge in [-0.2, -0.15) is 0 Å². The molecule has 4 heteroatoms. The molecule has 2 aromatic rings. The number of benzene rings is 1. The third kappa shape index (κ3) is 3.27. The summed E-state index contributed by atoms with van der Waals surface area (Å²) >= 11 is 0. The topological polar surface area (TPSA) is 70.2 Å². The first-order valence-electron chi connectivity index (χ1n) is 4.37. The summed E-state index contributed by atoms with van der Waals surface area (Å²) in [4.78, 5) is 22.0. The number of hydrogen-bond donors (Lipinski definition) is 2. The number of nitrogens with one attached hydrogen (secondary N) is 1. The van der Waals surface area contributed by atoms with Crippen molar-refractivity contribution in [3.8, 4) is 0 Å². The van der Waals surface area contributed by atoms with E-state index in [0.717, 1.165) is 6.92 Å². The predicted octanol–water partition coefficient (Wildman–Crippen LogP) is 1.83. The highest BCUT2D eigenvalue weighted by Gasteiger charge is 1.98. The molecule has 0 saturated heterocycles. The van der Waals surface area contributed by atoms with Crippen molar-refractivity contribution in [2.75, 3.05) is 0 Å². The van der Waals surface area contributed by atoms with Crippen molar-refractivity contribution >= 4 is 22.7 Å². The molecule has 78 valence electrons. The lowest BCUT2D eigenvalue weighted by Gasteiger charge is -1.83. The van der Waals surface area contributed by atoms with Crippen LogP contribution in [-0.4, -0.2) is 21.8 Å². The fourth-order valence-electron chi connectivity index (χ4n) is 0.995. The number of H-pyrrole nitrogens is 1. The zero-order valence-electron chi connectivity index (χ0n) is 8.23. The first-order valence-corrected chi connectivity index (χ1v) is 4.37. The van der Waals surface area contributed by atoms with Gasteiger partial charge in [0.05, 0.1) is 0 Å². The molecule has 0 aliphatic heterocycles. The maximum absolute atomic E-state index is 9.54. The Morgan fingerprint density at radius 2 is 1.80 bits per heavy atom. The Kier molecular flexibility index (Phi) is 3.62. The van der Waals surface area contributed by atoms with Gasteiger partial charge in [0.2, 0.25) is 5.78 Å². The fourth-order valence-corrected chi connectivity index (χ4v) is 0.995. The number of para-hydroxylation sites is 1. The van der Waals surface area contributed by atoms with Crippen LogP contribution in [0.3, 0.4) is 0 Å². The molecule has 0 fully saturated rings. The molecular formula is C11H11NO3. The van der Waals surface area contributed by atoms with E-state index in [1.54, 1.807) is 0 Å². The Labute approximate surface area is 86.5 Å². The Morgan fingerprint density at radius 3 is 2.33 bits per heavy atom. The second-order valence-corrected chi connectivity index (χ2v) is 2.93. The van der Waals surface area contributed by atoms with E-state index in [4.69, 9.17) is 5.11 Å². The van der Waals surface area contributed by atoms with Crippen LogP contribution in [0.4, 0.5) is 0 Å². The van der Waals surface area contributed by atoms with E-state index in [1.165, 1.54) is 10.9 Å². The zero-order chi connectivity index (χ0) is 11.3. The molecule has 0 amide bonds. The molecule has 0 radical (unpaired) electrons. The first-order chi connectivity index (χ1) is 7.11. The molecule has 2 rings (SSSR count). The molecule has 0 atom stereocenters. The number of aromatic nitrogens is 1. The van der Waals surface area contributed by atoms with Gasteiger partial charge in [0.25, 0.3) is 0 Å². The van der Waals surface area contributed by atoms with Gasteiger partial charge in [-0.3, -0.25) is 4.79 Å². The lowest BCUT2D eigenvalue weighted by atomic mass is 10.3. The largest absolute Gasteiger partial charge is 0.476 e. The molecule has 1 aromatic heterocycles. The van der Waals surface area contributed by atoms with Crippen molar-refractivity contribution in [2.24, 2.45) is 0 Å². The van der Waals surface area contributed by atoms with E-state index in [1.807, 2.05) is 18.3 Å². The van der Waals surface area contributed by atoms with Crippen LogP contribution in [0.1, 0.15) is 6.92 Å². The lowest BCUT2D eigenvalue weighted by molar-refractivity contribution is -0.148. The number of carboxylic acid groups (broad SMARTS) is 1. The van der Waals surface area contributed by atoms with Gasteiger partial charge in [-0.25, -0.2) is 4.79 Å². The minimum absolute atomic E-state index is 0.824. The number of aromatic amines is 1. The molecule has 0 unspecified atom stereocenters. The third-order valence-corrected chi connectivity index (χ3v) is 1.76. The predicted molar refractivity (Wildman–Crippen MR) is 56.6 cm³/mol. The Hall–Kier alpha value is -2.10. The smallest absolute Gasteiger partial charge is 0.371 e. The first kappa shape index (κ1) is 11.0. The molecule has 0 bridgehead atoms. The number of carbonyl (C=O) groups excluding carboxylic acids is 1. The van der Waals surface area contributed by atoms with Crippen LogP contribution in [0.5, 0.6) is 0 Å². The summed E-state index contributed by atoms with van der Waals surface area (Å²) in [5.74, 6) is -2.20. The van der Waals surface area contributed by atoms with Crippen molar-refractivity contribution in [3.63, 3.8) is 0 Å². The number of ketones is 1. The second-order valence-electron chi connectivity index (χ2n) is 2.93. The molecule has 1 aromatic carbocycles. The molecular weight excluding hydrogens is 194 g/mol. The van der Waals surface area contributed by atoms with E-state index >= 15 is 0 Å². The fraction of sp³-hybridized carbons (Fsp3) is 0.0909. The Balaban J connectivity index is 0.000000167. The highest BCUT2D eigenvalue weighted by molar-refractivity contribution is 6.31. The summed E-state index contributed by atoms with van der Waals surface area (Å²) < 4.78 is 0. The normalized spacial score (nSPS) is 9.13. The Morgan fingerprint density at radius 1 is 1.20 bits per heavy atom. The molecule has 4 nitrogen and oxygen atoms in total. The molecule has 0 aliphatic carbocycles. The van der Waals surface area contributed by atoms with E-state index < -0.39 is 11.8 Å². The van der Waals surface area contributed by atoms with Gasteiger partial charge in [0, 0.05) is 18.6 Å². The van der Waals surface area contributed by atoms with Gasteiger partial charge in [-0.1, -0.05) is 18.2 Å². The van der Waals surface area contributed by atoms with Gasteiger partial charge in [-0.15, -0.1) is 0 Å². The van der Waals surface area contributed by atoms with Gasteiger partial charge in [-0.05, 0) is 17.5 Å². The summed E-state index contributed by atoms with van der Waals surface area (Å²) in [6.07, 6.45) is 1.95. The summed E-state index contributed by atoms with van der Waals surface area (Å²) in [5, 5.41) is 8.92. The minimum Gasteiger partial charge on any atom is -0.476 e. The van der Waals surface area contributed by atoms with Crippen molar-refractivity contribution < 1.29 is 14.7 Å². The quantitative estimate of drug-likeness (QED) is 0.698. The SMILES string of the molecule is CC(=O)C(=O)O.c1ccc2[nH]ccc2c1. The minimum atomic E-state index is -1.38. The Bertz CT molecular complexity index is 431. The maximum Gasteiger partial charge on any atom is 0.371 e. The summed E-state index contributed by atoms with van der Waals surface area (Å²) in [6, 6.07) is 10.3. The van der Waals surface area contributed by atoms with Crippen LogP contribution in [-0.2, 0) is 9.59 Å². The average Bonchev–Trinajstić information content (AvgIpc) is 2.66. The van der Waals surface area contributed by atoms with Crippen LogP contribution in [0.25, 0.3) is 10.9 Å². The number of fused-ring (bicyclic) bond motifs is 1. The molecule has 2 N–H and O–H groups in total. The number of Topliss-reactive ketones (excluding diaryl/α,β-unsaturated/α-hetero) is 1. The number of aliphatic carboxylic acids is 1. The highest BCUT2D eigenvalue weighted by Crippen LogP contribution is 2.09. The van der Waals surface area contributed by atoms with Gasteiger partial charge in [0.1, 0.15) is 0 Å². The van der Waals surface area contributed by atoms with Crippen molar-refractivity contribution in [3.05, 3.63) is 36.5 Å². The van der Waals surface area contributed by atoms with Crippen molar-refractivity contribution in [2.45, 2.75) is 6.92 Å². The molecule has 15 heavy (non-hydrogen) atoms. The molecule has 0 saturated carbocycles. The standard InChI is InChI=1S/C8H7N.C3H4O3/c1-2-4-8-7(3-1)5-6-9-8;1-2(4)3(5)6/h1-6,9H;1H3,(H,5,6). The van der Waals surface area contributed by atoms with Gasteiger partial charge >= 0.3 is 5.97 Å². The summed E-state index contributed by atoms with van der Waals surface area (Å²) in [7, 11) is 0. The van der Waals surface area contributed by atoms with E-state index in [-0.39, 0.29) is 0 Å². The monoisotopic (exact) mass is 205 g/mol. The van der Waals surface area contributed by atoms with Crippen LogP contribution < -0.4 is 0 Å². The van der Waals surface area contributed by atoms with Crippen LogP contribution in [0.2, 0.25) is 0 Å². The number of carboxylic acids is 1. The number of rotatable bonds is 1. The van der Waals surface area contributed by atoms with Gasteiger partial charge in [0.15, 0.2) is 0 Å². The van der Waals surface area contributed by atoms with Crippen LogP contribution in [0, 0.1) is 0 Å². The van der Waals surface area contributed by atoms with E-state index in [2.05, 4.69) is 23.2 Å². The van der Waals surface area contributed by atoms with Crippen molar-refractivity contribution in [1.82, 2.24) is 4.98 Å². The average molecular weight is 205 g/mol. The highest BCUT2D eigenvalue weighted by atomic mass is 16.4. The van der Waals surface area contributed by atoms with Crippen molar-refractivity contribution in [1.29, 1.82) is 0 Å². The van der Waals surface area contributed by atoms with Crippen LogP contribution >= 0.6 is 0 Å². The number of carbonyl (C=O) groups is 2. The van der Waals surface area contributed by atoms with E-state index in [9.17, 15) is 9.59 Å². The molecule has 0 aliphatic rings. The zero-order valence-corrected chi connectivity index (χ0v) is 8.23. The summed E-state index contributed by atoms with van der Waals surface area (Å²) in [6.45, 7) is 1.00. The van der Waals surface area contributed by atoms with E-state index in [0.29, 0.717) is 0 Å².